The molecule has 2 aromatic rings. The number of carbonyl (C=O) groups is 1. The number of nitrogens with zero attached hydrogens (tertiary/aromatic N) is 3. The Morgan fingerprint density at radius 3 is 2.92 bits per heavy atom. The number of aryl methyl sites for hydroxylation is 1. The second-order valence-corrected chi connectivity index (χ2v) is 6.34. The van der Waals surface area contributed by atoms with E-state index >= 15 is 0 Å². The first kappa shape index (κ1) is 17.4. The number of ether oxygens (including phenoxy) is 1. The number of hydrogen-bond acceptors (Lipinski definition) is 4. The highest BCUT2D eigenvalue weighted by Crippen LogP contribution is 2.33. The molecule has 2 heterocycles. The average Bonchev–Trinajstić information content (AvgIpc) is 3.10. The summed E-state index contributed by atoms with van der Waals surface area (Å²) in [5, 5.41) is 4.23. The van der Waals surface area contributed by atoms with Crippen LogP contribution in [0.2, 0.25) is 0 Å². The normalized spacial score (nSPS) is 17.0. The topological polar surface area (TPSA) is 64.4 Å². The van der Waals surface area contributed by atoms with Crippen LogP contribution in [0.4, 0.5) is 0 Å². The van der Waals surface area contributed by atoms with E-state index in [1.54, 1.807) is 7.11 Å². The van der Waals surface area contributed by atoms with Crippen LogP contribution in [0.25, 0.3) is 0 Å². The summed E-state index contributed by atoms with van der Waals surface area (Å²) in [6.45, 7) is 3.46. The summed E-state index contributed by atoms with van der Waals surface area (Å²) in [6, 6.07) is 11.2. The van der Waals surface area contributed by atoms with Gasteiger partial charge in [-0.05, 0) is 31.4 Å². The monoisotopic (exact) mass is 341 g/mol. The van der Waals surface area contributed by atoms with Crippen molar-refractivity contribution in [3.63, 3.8) is 0 Å². The first-order valence-electron chi connectivity index (χ1n) is 8.55. The second kappa shape index (κ2) is 7.61. The zero-order valence-corrected chi connectivity index (χ0v) is 14.6. The Labute approximate surface area is 147 Å². The van der Waals surface area contributed by atoms with Crippen LogP contribution in [0.3, 0.4) is 0 Å². The van der Waals surface area contributed by atoms with Crippen molar-refractivity contribution in [2.24, 2.45) is 0 Å². The van der Waals surface area contributed by atoms with Gasteiger partial charge in [-0.15, -0.1) is 0 Å². The Morgan fingerprint density at radius 2 is 2.16 bits per heavy atom. The third kappa shape index (κ3) is 3.79. The van der Waals surface area contributed by atoms with Crippen molar-refractivity contribution in [2.75, 3.05) is 20.3 Å². The summed E-state index contributed by atoms with van der Waals surface area (Å²) in [6.07, 6.45) is 1.91. The third-order valence-corrected chi connectivity index (χ3v) is 4.53. The van der Waals surface area contributed by atoms with E-state index in [-0.39, 0.29) is 17.5 Å². The van der Waals surface area contributed by atoms with Crippen LogP contribution in [-0.4, -0.2) is 40.8 Å². The van der Waals surface area contributed by atoms with Crippen LogP contribution in [0, 0.1) is 6.92 Å². The molecule has 6 nitrogen and oxygen atoms in total. The molecule has 0 bridgehead atoms. The lowest BCUT2D eigenvalue weighted by molar-refractivity contribution is 0.0725. The van der Waals surface area contributed by atoms with Gasteiger partial charge in [-0.3, -0.25) is 9.59 Å². The Morgan fingerprint density at radius 1 is 1.32 bits per heavy atom. The van der Waals surface area contributed by atoms with Crippen molar-refractivity contribution in [2.45, 2.75) is 32.4 Å². The van der Waals surface area contributed by atoms with Gasteiger partial charge in [-0.25, -0.2) is 4.68 Å². The van der Waals surface area contributed by atoms with Crippen molar-refractivity contribution in [3.05, 3.63) is 63.6 Å². The van der Waals surface area contributed by atoms with Crippen molar-refractivity contribution >= 4 is 5.91 Å². The smallest absolute Gasteiger partial charge is 0.274 e. The van der Waals surface area contributed by atoms with E-state index in [0.29, 0.717) is 25.4 Å². The van der Waals surface area contributed by atoms with Crippen LogP contribution in [0.5, 0.6) is 0 Å². The van der Waals surface area contributed by atoms with Gasteiger partial charge in [0.2, 0.25) is 0 Å². The lowest BCUT2D eigenvalue weighted by Crippen LogP contribution is -2.34. The van der Waals surface area contributed by atoms with Crippen molar-refractivity contribution in [3.8, 4) is 0 Å². The Hall–Kier alpha value is -2.47. The number of likely N-dealkylation sites (tertiary alicyclic amines) is 1. The van der Waals surface area contributed by atoms with Crippen LogP contribution in [-0.2, 0) is 11.3 Å². The third-order valence-electron chi connectivity index (χ3n) is 4.53. The maximum atomic E-state index is 13.0. The minimum Gasteiger partial charge on any atom is -0.383 e. The van der Waals surface area contributed by atoms with Crippen LogP contribution < -0.4 is 5.56 Å². The molecule has 0 saturated carbocycles. The Balaban J connectivity index is 1.85. The summed E-state index contributed by atoms with van der Waals surface area (Å²) in [4.78, 5) is 26.7. The number of carbonyl (C=O) groups excluding carboxylic acids is 1. The van der Waals surface area contributed by atoms with E-state index in [2.05, 4.69) is 30.2 Å². The number of rotatable bonds is 5. The van der Waals surface area contributed by atoms with Gasteiger partial charge in [0.1, 0.15) is 5.69 Å². The van der Waals surface area contributed by atoms with Crippen LogP contribution >= 0.6 is 0 Å². The van der Waals surface area contributed by atoms with Gasteiger partial charge in [0, 0.05) is 19.7 Å². The first-order chi connectivity index (χ1) is 12.1. The summed E-state index contributed by atoms with van der Waals surface area (Å²) in [5.41, 5.74) is 2.40. The zero-order chi connectivity index (χ0) is 17.8. The van der Waals surface area contributed by atoms with Crippen LogP contribution in [0.1, 0.15) is 40.5 Å². The Kier molecular flexibility index (Phi) is 5.28. The minimum atomic E-state index is -0.231. The maximum Gasteiger partial charge on any atom is 0.274 e. The standard InChI is InChI=1S/C19H23N3O3/c1-14-5-3-6-15(13-14)17-7-4-10-21(17)19(24)16-8-9-18(23)22(20-16)11-12-25-2/h3,5-6,8-9,13,17H,4,7,10-12H2,1-2H3/t17-/m1/s1. The van der Waals surface area contributed by atoms with E-state index in [0.717, 1.165) is 18.4 Å². The van der Waals surface area contributed by atoms with E-state index in [4.69, 9.17) is 4.74 Å². The lowest BCUT2D eigenvalue weighted by atomic mass is 10.0. The second-order valence-electron chi connectivity index (χ2n) is 6.34. The predicted octanol–water partition coefficient (Wildman–Crippen LogP) is 2.18. The van der Waals surface area contributed by atoms with E-state index in [9.17, 15) is 9.59 Å². The maximum absolute atomic E-state index is 13.0. The molecule has 0 spiro atoms. The number of amides is 1. The minimum absolute atomic E-state index is 0.0635. The molecule has 0 radical (unpaired) electrons. The molecule has 1 aliphatic heterocycles. The lowest BCUT2D eigenvalue weighted by Gasteiger charge is -2.25. The first-order valence-corrected chi connectivity index (χ1v) is 8.55. The number of hydrogen-bond donors (Lipinski definition) is 0. The summed E-state index contributed by atoms with van der Waals surface area (Å²) in [7, 11) is 1.57. The molecule has 0 N–H and O–H groups in total. The van der Waals surface area contributed by atoms with Gasteiger partial charge in [0.25, 0.3) is 11.5 Å². The molecular weight excluding hydrogens is 318 g/mol. The fourth-order valence-corrected chi connectivity index (χ4v) is 3.28. The number of benzene rings is 1. The molecule has 132 valence electrons. The molecule has 3 rings (SSSR count). The number of methoxy groups -OCH3 is 1. The van der Waals surface area contributed by atoms with E-state index < -0.39 is 0 Å². The fourth-order valence-electron chi connectivity index (χ4n) is 3.28. The van der Waals surface area contributed by atoms with Gasteiger partial charge in [-0.2, -0.15) is 5.10 Å². The zero-order valence-electron chi connectivity index (χ0n) is 14.6. The molecule has 1 saturated heterocycles. The van der Waals surface area contributed by atoms with Crippen molar-refractivity contribution < 1.29 is 9.53 Å². The highest BCUT2D eigenvalue weighted by atomic mass is 16.5. The quantitative estimate of drug-likeness (QED) is 0.836. The van der Waals surface area contributed by atoms with Crippen molar-refractivity contribution in [1.29, 1.82) is 0 Å². The van der Waals surface area contributed by atoms with Crippen molar-refractivity contribution in [1.82, 2.24) is 14.7 Å². The molecular formula is C19H23N3O3. The molecule has 1 amide bonds. The van der Waals surface area contributed by atoms with E-state index in [1.165, 1.54) is 22.4 Å². The molecule has 0 unspecified atom stereocenters. The highest BCUT2D eigenvalue weighted by molar-refractivity contribution is 5.92. The molecule has 1 aromatic heterocycles. The SMILES string of the molecule is COCCn1nc(C(=O)N2CCC[C@@H]2c2cccc(C)c2)ccc1=O. The van der Waals surface area contributed by atoms with E-state index in [1.807, 2.05) is 11.0 Å². The average molecular weight is 341 g/mol. The van der Waals surface area contributed by atoms with Gasteiger partial charge in [-0.1, -0.05) is 29.8 Å². The summed E-state index contributed by atoms with van der Waals surface area (Å²) >= 11 is 0. The van der Waals surface area contributed by atoms with Gasteiger partial charge < -0.3 is 9.64 Å². The molecule has 0 aliphatic carbocycles. The van der Waals surface area contributed by atoms with Gasteiger partial charge in [0.05, 0.1) is 19.2 Å². The number of aromatic nitrogens is 2. The predicted molar refractivity (Wildman–Crippen MR) is 94.6 cm³/mol. The molecule has 1 aliphatic rings. The summed E-state index contributed by atoms with van der Waals surface area (Å²) < 4.78 is 6.28. The largest absolute Gasteiger partial charge is 0.383 e. The van der Waals surface area contributed by atoms with Gasteiger partial charge >= 0.3 is 0 Å². The highest BCUT2D eigenvalue weighted by Gasteiger charge is 2.31. The molecule has 1 aromatic carbocycles. The fraction of sp³-hybridized carbons (Fsp3) is 0.421. The molecule has 25 heavy (non-hydrogen) atoms. The van der Waals surface area contributed by atoms with Crippen LogP contribution in [0.15, 0.2) is 41.2 Å². The molecule has 1 fully saturated rings. The summed E-state index contributed by atoms with van der Waals surface area (Å²) in [5.74, 6) is -0.129. The van der Waals surface area contributed by atoms with Gasteiger partial charge in [0.15, 0.2) is 0 Å². The Bertz CT molecular complexity index is 816. The molecule has 6 heteroatoms. The molecule has 1 atom stereocenters.